The highest BCUT2D eigenvalue weighted by molar-refractivity contribution is 5.77. The van der Waals surface area contributed by atoms with Gasteiger partial charge in [-0.15, -0.1) is 0 Å². The smallest absolute Gasteiger partial charge is 0.312 e. The molecular weight excluding hydrogens is 200 g/mol. The van der Waals surface area contributed by atoms with Crippen LogP contribution in [0.4, 0.5) is 0 Å². The molecule has 0 aromatic carbocycles. The van der Waals surface area contributed by atoms with E-state index < -0.39 is 0 Å². The highest BCUT2D eigenvalue weighted by atomic mass is 16.6. The highest BCUT2D eigenvalue weighted by Gasteiger charge is 2.48. The molecule has 0 N–H and O–H groups in total. The van der Waals surface area contributed by atoms with E-state index in [4.69, 9.17) is 4.74 Å². The molecule has 0 aromatic heterocycles. The summed E-state index contributed by atoms with van der Waals surface area (Å²) in [7, 11) is 0. The largest absolute Gasteiger partial charge is 0.459 e. The van der Waals surface area contributed by atoms with E-state index in [0.29, 0.717) is 0 Å². The van der Waals surface area contributed by atoms with Crippen molar-refractivity contribution in [2.24, 2.45) is 11.3 Å². The molecule has 2 heteroatoms. The van der Waals surface area contributed by atoms with E-state index in [1.807, 2.05) is 13.8 Å². The summed E-state index contributed by atoms with van der Waals surface area (Å²) >= 11 is 0. The molecule has 0 spiro atoms. The van der Waals surface area contributed by atoms with Crippen LogP contribution in [0, 0.1) is 11.3 Å². The Morgan fingerprint density at radius 3 is 2.19 bits per heavy atom. The fourth-order valence-corrected chi connectivity index (χ4v) is 2.99. The summed E-state index contributed by atoms with van der Waals surface area (Å²) in [6, 6.07) is 0. The predicted molar refractivity (Wildman–Crippen MR) is 64.1 cm³/mol. The summed E-state index contributed by atoms with van der Waals surface area (Å²) in [5.41, 5.74) is -0.401. The first kappa shape index (κ1) is 11.9. The molecule has 0 aliphatic heterocycles. The Balaban J connectivity index is 2.03. The zero-order chi connectivity index (χ0) is 11.8. The van der Waals surface area contributed by atoms with Gasteiger partial charge in [-0.1, -0.05) is 6.92 Å². The van der Waals surface area contributed by atoms with Gasteiger partial charge in [-0.2, -0.15) is 0 Å². The van der Waals surface area contributed by atoms with Crippen LogP contribution in [0.1, 0.15) is 65.7 Å². The summed E-state index contributed by atoms with van der Waals surface area (Å²) in [5.74, 6) is 0.978. The van der Waals surface area contributed by atoms with E-state index in [2.05, 4.69) is 6.92 Å². The molecular formula is C14H24O2. The summed E-state index contributed by atoms with van der Waals surface area (Å²) in [6.45, 7) is 6.09. The summed E-state index contributed by atoms with van der Waals surface area (Å²) in [4.78, 5) is 12.3. The molecule has 2 bridgehead atoms. The molecule has 16 heavy (non-hydrogen) atoms. The number of ether oxygens (including phenoxy) is 1. The van der Waals surface area contributed by atoms with E-state index in [9.17, 15) is 4.79 Å². The van der Waals surface area contributed by atoms with Crippen LogP contribution in [0.15, 0.2) is 0 Å². The summed E-state index contributed by atoms with van der Waals surface area (Å²) in [5, 5.41) is 0. The number of hydrogen-bond donors (Lipinski definition) is 0. The number of fused-ring (bicyclic) bond motifs is 3. The first-order valence-corrected chi connectivity index (χ1v) is 6.71. The lowest BCUT2D eigenvalue weighted by Crippen LogP contribution is -2.44. The number of carbonyl (C=O) groups excluding carboxylic acids is 1. The van der Waals surface area contributed by atoms with Crippen LogP contribution in [0.2, 0.25) is 0 Å². The van der Waals surface area contributed by atoms with Gasteiger partial charge in [0.15, 0.2) is 0 Å². The Morgan fingerprint density at radius 2 is 1.75 bits per heavy atom. The van der Waals surface area contributed by atoms with Crippen LogP contribution in [-0.4, -0.2) is 11.6 Å². The Hall–Kier alpha value is -0.530. The van der Waals surface area contributed by atoms with Gasteiger partial charge >= 0.3 is 5.97 Å². The normalized spacial score (nSPS) is 33.8. The molecule has 3 aliphatic rings. The molecule has 0 saturated heterocycles. The third-order valence-electron chi connectivity index (χ3n) is 4.75. The van der Waals surface area contributed by atoms with Crippen molar-refractivity contribution in [2.45, 2.75) is 71.3 Å². The molecule has 3 aliphatic carbocycles. The maximum absolute atomic E-state index is 12.3. The van der Waals surface area contributed by atoms with Crippen LogP contribution in [-0.2, 0) is 9.53 Å². The molecule has 0 amide bonds. The van der Waals surface area contributed by atoms with Gasteiger partial charge in [0.2, 0.25) is 0 Å². The van der Waals surface area contributed by atoms with E-state index in [1.54, 1.807) is 0 Å². The lowest BCUT2D eigenvalue weighted by atomic mass is 9.61. The quantitative estimate of drug-likeness (QED) is 0.683. The lowest BCUT2D eigenvalue weighted by Gasteiger charge is -2.45. The maximum Gasteiger partial charge on any atom is 0.312 e. The Labute approximate surface area is 98.7 Å². The number of carbonyl (C=O) groups is 1. The highest BCUT2D eigenvalue weighted by Crippen LogP contribution is 2.51. The monoisotopic (exact) mass is 224 g/mol. The Morgan fingerprint density at radius 1 is 1.25 bits per heavy atom. The van der Waals surface area contributed by atoms with Gasteiger partial charge in [0.05, 0.1) is 5.41 Å². The molecule has 0 heterocycles. The minimum atomic E-state index is -0.292. The van der Waals surface area contributed by atoms with Crippen molar-refractivity contribution in [3.8, 4) is 0 Å². The molecule has 2 nitrogen and oxygen atoms in total. The second-order valence-electron chi connectivity index (χ2n) is 6.27. The van der Waals surface area contributed by atoms with Crippen molar-refractivity contribution < 1.29 is 9.53 Å². The predicted octanol–water partition coefficient (Wildman–Crippen LogP) is 3.69. The fourth-order valence-electron chi connectivity index (χ4n) is 2.99. The average molecular weight is 224 g/mol. The fraction of sp³-hybridized carbons (Fsp3) is 0.929. The van der Waals surface area contributed by atoms with E-state index >= 15 is 0 Å². The van der Waals surface area contributed by atoms with Crippen LogP contribution in [0.25, 0.3) is 0 Å². The topological polar surface area (TPSA) is 26.3 Å². The van der Waals surface area contributed by atoms with Gasteiger partial charge in [0.1, 0.15) is 5.60 Å². The van der Waals surface area contributed by atoms with Crippen molar-refractivity contribution >= 4 is 5.97 Å². The van der Waals surface area contributed by atoms with E-state index in [0.717, 1.165) is 31.6 Å². The summed E-state index contributed by atoms with van der Waals surface area (Å²) < 4.78 is 5.71. The zero-order valence-electron chi connectivity index (χ0n) is 10.8. The van der Waals surface area contributed by atoms with Gasteiger partial charge < -0.3 is 4.74 Å². The first-order valence-electron chi connectivity index (χ1n) is 6.71. The van der Waals surface area contributed by atoms with Crippen molar-refractivity contribution in [3.63, 3.8) is 0 Å². The van der Waals surface area contributed by atoms with Crippen LogP contribution in [0.5, 0.6) is 0 Å². The minimum absolute atomic E-state index is 0.0810. The van der Waals surface area contributed by atoms with Crippen molar-refractivity contribution in [3.05, 3.63) is 0 Å². The zero-order valence-corrected chi connectivity index (χ0v) is 10.8. The number of hydrogen-bond acceptors (Lipinski definition) is 2. The molecule has 3 fully saturated rings. The maximum atomic E-state index is 12.3. The molecule has 0 radical (unpaired) electrons. The van der Waals surface area contributed by atoms with Gasteiger partial charge in [0, 0.05) is 0 Å². The van der Waals surface area contributed by atoms with E-state index in [-0.39, 0.29) is 17.0 Å². The second-order valence-corrected chi connectivity index (χ2v) is 6.27. The average Bonchev–Trinajstić information content (AvgIpc) is 2.31. The Kier molecular flexibility index (Phi) is 3.02. The van der Waals surface area contributed by atoms with Crippen molar-refractivity contribution in [1.29, 1.82) is 0 Å². The standard InChI is InChI=1S/C14H24O2/c1-4-13(2,3)16-12(15)14-8-5-11(6-9-14)7-10-14/h11H,4-10H2,1-3H3. The third-order valence-corrected chi connectivity index (χ3v) is 4.75. The van der Waals surface area contributed by atoms with Gasteiger partial charge in [-0.05, 0) is 64.7 Å². The lowest BCUT2D eigenvalue weighted by molar-refractivity contribution is -0.176. The van der Waals surface area contributed by atoms with Crippen LogP contribution < -0.4 is 0 Å². The van der Waals surface area contributed by atoms with Gasteiger partial charge in [0.25, 0.3) is 0 Å². The van der Waals surface area contributed by atoms with Gasteiger partial charge in [-0.3, -0.25) is 4.79 Å². The SMILES string of the molecule is CCC(C)(C)OC(=O)C12CCC(CC1)CC2. The van der Waals surface area contributed by atoms with Crippen LogP contribution in [0.3, 0.4) is 0 Å². The minimum Gasteiger partial charge on any atom is -0.459 e. The third kappa shape index (κ3) is 2.11. The molecule has 0 unspecified atom stereocenters. The molecule has 92 valence electrons. The van der Waals surface area contributed by atoms with Crippen molar-refractivity contribution in [1.82, 2.24) is 0 Å². The second kappa shape index (κ2) is 4.05. The number of rotatable bonds is 3. The van der Waals surface area contributed by atoms with Gasteiger partial charge in [-0.25, -0.2) is 0 Å². The summed E-state index contributed by atoms with van der Waals surface area (Å²) in [6.07, 6.45) is 7.80. The Bertz CT molecular complexity index is 259. The molecule has 0 aromatic rings. The molecule has 3 rings (SSSR count). The van der Waals surface area contributed by atoms with Crippen molar-refractivity contribution in [2.75, 3.05) is 0 Å². The first-order chi connectivity index (χ1) is 7.47. The van der Waals surface area contributed by atoms with Crippen LogP contribution >= 0.6 is 0 Å². The number of esters is 1. The molecule has 0 atom stereocenters. The van der Waals surface area contributed by atoms with E-state index in [1.165, 1.54) is 19.3 Å². The molecule has 3 saturated carbocycles.